The second kappa shape index (κ2) is 6.70. The molecule has 0 fully saturated rings. The van der Waals surface area contributed by atoms with Crippen LogP contribution in [0, 0.1) is 0 Å². The van der Waals surface area contributed by atoms with Gasteiger partial charge in [0, 0.05) is 18.2 Å². The Hall–Kier alpha value is -1.91. The van der Waals surface area contributed by atoms with E-state index >= 15 is 0 Å². The Morgan fingerprint density at radius 3 is 2.86 bits per heavy atom. The minimum absolute atomic E-state index is 0.443. The maximum atomic E-state index is 4.19. The second-order valence-corrected chi connectivity index (χ2v) is 6.03. The molecule has 2 aromatic heterocycles. The van der Waals surface area contributed by atoms with Crippen molar-refractivity contribution >= 4 is 11.3 Å². The Morgan fingerprint density at radius 2 is 2.10 bits per heavy atom. The molecular weight excluding hydrogens is 278 g/mol. The maximum Gasteiger partial charge on any atom is 0.0695 e. The summed E-state index contributed by atoms with van der Waals surface area (Å²) in [5.41, 5.74) is 4.89. The highest BCUT2D eigenvalue weighted by molar-refractivity contribution is 7.07. The molecule has 0 spiro atoms. The van der Waals surface area contributed by atoms with Crippen molar-refractivity contribution in [1.29, 1.82) is 0 Å². The number of aromatic nitrogens is 2. The third-order valence-electron chi connectivity index (χ3n) is 3.54. The fourth-order valence-electron chi connectivity index (χ4n) is 2.42. The third kappa shape index (κ3) is 3.60. The van der Waals surface area contributed by atoms with E-state index in [2.05, 4.69) is 51.4 Å². The first-order valence-electron chi connectivity index (χ1n) is 7.15. The first-order valence-corrected chi connectivity index (χ1v) is 8.09. The van der Waals surface area contributed by atoms with E-state index in [0.717, 1.165) is 18.7 Å². The number of hydrogen-bond acceptors (Lipinski definition) is 3. The van der Waals surface area contributed by atoms with Crippen LogP contribution in [-0.2, 0) is 13.0 Å². The molecule has 3 nitrogen and oxygen atoms in total. The predicted octanol–water partition coefficient (Wildman–Crippen LogP) is 3.86. The SMILES string of the molecule is CC(Cc1ccsc1)NCc1cn[nH]c1-c1ccccc1. The van der Waals surface area contributed by atoms with E-state index in [1.165, 1.54) is 16.7 Å². The van der Waals surface area contributed by atoms with Gasteiger partial charge in [0.1, 0.15) is 0 Å². The molecule has 0 amide bonds. The van der Waals surface area contributed by atoms with Crippen molar-refractivity contribution in [3.05, 3.63) is 64.5 Å². The van der Waals surface area contributed by atoms with Crippen LogP contribution in [-0.4, -0.2) is 16.2 Å². The zero-order valence-electron chi connectivity index (χ0n) is 12.0. The summed E-state index contributed by atoms with van der Waals surface area (Å²) in [4.78, 5) is 0. The number of nitrogens with zero attached hydrogens (tertiary/aromatic N) is 1. The first kappa shape index (κ1) is 14.0. The van der Waals surface area contributed by atoms with Gasteiger partial charge in [-0.2, -0.15) is 16.4 Å². The Balaban J connectivity index is 1.62. The molecule has 4 heteroatoms. The van der Waals surface area contributed by atoms with E-state index in [9.17, 15) is 0 Å². The Kier molecular flexibility index (Phi) is 4.48. The van der Waals surface area contributed by atoms with Gasteiger partial charge in [0.2, 0.25) is 0 Å². The summed E-state index contributed by atoms with van der Waals surface area (Å²) in [5, 5.41) is 15.2. The van der Waals surface area contributed by atoms with E-state index < -0.39 is 0 Å². The van der Waals surface area contributed by atoms with Gasteiger partial charge in [0.05, 0.1) is 11.9 Å². The van der Waals surface area contributed by atoms with Crippen LogP contribution in [0.1, 0.15) is 18.1 Å². The van der Waals surface area contributed by atoms with Crippen LogP contribution in [0.25, 0.3) is 11.3 Å². The lowest BCUT2D eigenvalue weighted by Gasteiger charge is -2.13. The number of nitrogens with one attached hydrogen (secondary N) is 2. The molecule has 2 heterocycles. The molecule has 1 atom stereocenters. The van der Waals surface area contributed by atoms with Gasteiger partial charge in [0.25, 0.3) is 0 Å². The molecule has 1 aromatic carbocycles. The number of benzene rings is 1. The Morgan fingerprint density at radius 1 is 1.24 bits per heavy atom. The van der Waals surface area contributed by atoms with Crippen LogP contribution in [0.3, 0.4) is 0 Å². The smallest absolute Gasteiger partial charge is 0.0695 e. The van der Waals surface area contributed by atoms with Crippen LogP contribution >= 0.6 is 11.3 Å². The molecule has 2 N–H and O–H groups in total. The average molecular weight is 297 g/mol. The molecular formula is C17H19N3S. The highest BCUT2D eigenvalue weighted by Gasteiger charge is 2.09. The average Bonchev–Trinajstić information content (AvgIpc) is 3.17. The van der Waals surface area contributed by atoms with Gasteiger partial charge >= 0.3 is 0 Å². The van der Waals surface area contributed by atoms with E-state index in [1.54, 1.807) is 11.3 Å². The van der Waals surface area contributed by atoms with Crippen molar-refractivity contribution in [3.63, 3.8) is 0 Å². The van der Waals surface area contributed by atoms with Crippen LogP contribution in [0.5, 0.6) is 0 Å². The molecule has 3 rings (SSSR count). The summed E-state index contributed by atoms with van der Waals surface area (Å²) in [6.07, 6.45) is 2.97. The molecule has 0 aliphatic heterocycles. The molecule has 108 valence electrons. The van der Waals surface area contributed by atoms with Gasteiger partial charge in [0.15, 0.2) is 0 Å². The molecule has 0 aliphatic carbocycles. The summed E-state index contributed by atoms with van der Waals surface area (Å²) in [5.74, 6) is 0. The van der Waals surface area contributed by atoms with Crippen molar-refractivity contribution in [2.45, 2.75) is 25.9 Å². The highest BCUT2D eigenvalue weighted by atomic mass is 32.1. The maximum absolute atomic E-state index is 4.19. The summed E-state index contributed by atoms with van der Waals surface area (Å²) >= 11 is 1.75. The van der Waals surface area contributed by atoms with Crippen molar-refractivity contribution < 1.29 is 0 Å². The van der Waals surface area contributed by atoms with Gasteiger partial charge in [-0.15, -0.1) is 0 Å². The second-order valence-electron chi connectivity index (χ2n) is 5.25. The monoisotopic (exact) mass is 297 g/mol. The van der Waals surface area contributed by atoms with Crippen LogP contribution in [0.15, 0.2) is 53.4 Å². The largest absolute Gasteiger partial charge is 0.310 e. The van der Waals surface area contributed by atoms with E-state index in [0.29, 0.717) is 6.04 Å². The molecule has 3 aromatic rings. The first-order chi connectivity index (χ1) is 10.3. The quantitative estimate of drug-likeness (QED) is 0.725. The summed E-state index contributed by atoms with van der Waals surface area (Å²) in [7, 11) is 0. The summed E-state index contributed by atoms with van der Waals surface area (Å²) in [6, 6.07) is 13.0. The molecule has 1 unspecified atom stereocenters. The minimum atomic E-state index is 0.443. The van der Waals surface area contributed by atoms with Crippen molar-refractivity contribution in [2.24, 2.45) is 0 Å². The van der Waals surface area contributed by atoms with Crippen LogP contribution in [0.2, 0.25) is 0 Å². The number of rotatable bonds is 6. The molecule has 0 saturated heterocycles. The predicted molar refractivity (Wildman–Crippen MR) is 88.3 cm³/mol. The molecule has 0 aliphatic rings. The number of aromatic amines is 1. The van der Waals surface area contributed by atoms with Crippen molar-refractivity contribution in [3.8, 4) is 11.3 Å². The van der Waals surface area contributed by atoms with Crippen molar-refractivity contribution in [1.82, 2.24) is 15.5 Å². The Bertz CT molecular complexity index is 658. The van der Waals surface area contributed by atoms with Crippen LogP contribution < -0.4 is 5.32 Å². The zero-order valence-corrected chi connectivity index (χ0v) is 12.9. The standard InChI is InChI=1S/C17H19N3S/c1-13(9-14-7-8-21-12-14)18-10-16-11-19-20-17(16)15-5-3-2-4-6-15/h2-8,11-13,18H,9-10H2,1H3,(H,19,20). The topological polar surface area (TPSA) is 40.7 Å². The van der Waals surface area contributed by atoms with E-state index in [-0.39, 0.29) is 0 Å². The molecule has 21 heavy (non-hydrogen) atoms. The highest BCUT2D eigenvalue weighted by Crippen LogP contribution is 2.20. The lowest BCUT2D eigenvalue weighted by molar-refractivity contribution is 0.546. The number of thiophene rings is 1. The third-order valence-corrected chi connectivity index (χ3v) is 4.28. The zero-order chi connectivity index (χ0) is 14.5. The fourth-order valence-corrected chi connectivity index (χ4v) is 3.10. The molecule has 0 saturated carbocycles. The van der Waals surface area contributed by atoms with Gasteiger partial charge in [-0.1, -0.05) is 30.3 Å². The van der Waals surface area contributed by atoms with Crippen molar-refractivity contribution in [2.75, 3.05) is 0 Å². The minimum Gasteiger partial charge on any atom is -0.310 e. The van der Waals surface area contributed by atoms with E-state index in [4.69, 9.17) is 0 Å². The van der Waals surface area contributed by atoms with Crippen LogP contribution in [0.4, 0.5) is 0 Å². The number of H-pyrrole nitrogens is 1. The van der Waals surface area contributed by atoms with E-state index in [1.807, 2.05) is 24.4 Å². The fraction of sp³-hybridized carbons (Fsp3) is 0.235. The van der Waals surface area contributed by atoms with Gasteiger partial charge in [-0.25, -0.2) is 0 Å². The molecule has 0 bridgehead atoms. The summed E-state index contributed by atoms with van der Waals surface area (Å²) in [6.45, 7) is 3.05. The lowest BCUT2D eigenvalue weighted by Crippen LogP contribution is -2.27. The Labute approximate surface area is 129 Å². The van der Waals surface area contributed by atoms with Gasteiger partial charge in [-0.3, -0.25) is 5.10 Å². The molecule has 0 radical (unpaired) electrons. The summed E-state index contributed by atoms with van der Waals surface area (Å²) < 4.78 is 0. The lowest BCUT2D eigenvalue weighted by atomic mass is 10.1. The van der Waals surface area contributed by atoms with Gasteiger partial charge in [-0.05, 0) is 41.3 Å². The number of hydrogen-bond donors (Lipinski definition) is 2. The normalized spacial score (nSPS) is 12.4. The van der Waals surface area contributed by atoms with Gasteiger partial charge < -0.3 is 5.32 Å².